The Kier molecular flexibility index (Phi) is 8.66. The third-order valence-corrected chi connectivity index (χ3v) is 7.43. The van der Waals surface area contributed by atoms with Gasteiger partial charge in [0.25, 0.3) is 5.56 Å². The first-order valence-corrected chi connectivity index (χ1v) is 13.8. The Morgan fingerprint density at radius 1 is 1.15 bits per heavy atom. The van der Waals surface area contributed by atoms with Gasteiger partial charge in [-0.25, -0.2) is 9.79 Å². The lowest BCUT2D eigenvalue weighted by Crippen LogP contribution is -2.39. The van der Waals surface area contributed by atoms with Crippen molar-refractivity contribution in [1.82, 2.24) is 4.57 Å². The molecule has 0 fully saturated rings. The highest BCUT2D eigenvalue weighted by molar-refractivity contribution is 9.10. The summed E-state index contributed by atoms with van der Waals surface area (Å²) >= 11 is 4.48. The second kappa shape index (κ2) is 12.0. The van der Waals surface area contributed by atoms with Crippen molar-refractivity contribution >= 4 is 45.0 Å². The number of fused-ring (bicyclic) bond motifs is 1. The molecule has 1 atom stereocenters. The zero-order valence-corrected chi connectivity index (χ0v) is 24.1. The van der Waals surface area contributed by atoms with Crippen LogP contribution in [0.1, 0.15) is 44.9 Å². The Bertz CT molecular complexity index is 1640. The van der Waals surface area contributed by atoms with Crippen LogP contribution in [0.3, 0.4) is 0 Å². The van der Waals surface area contributed by atoms with Gasteiger partial charge in [0, 0.05) is 6.07 Å². The summed E-state index contributed by atoms with van der Waals surface area (Å²) in [7, 11) is 0. The van der Waals surface area contributed by atoms with Gasteiger partial charge in [-0.15, -0.1) is 0 Å². The first-order chi connectivity index (χ1) is 18.7. The summed E-state index contributed by atoms with van der Waals surface area (Å²) in [5.74, 6) is 0.221. The van der Waals surface area contributed by atoms with Gasteiger partial charge in [0.05, 0.1) is 51.1 Å². The number of nitrogens with zero attached hydrogens (tertiary/aromatic N) is 3. The average molecular weight is 616 g/mol. The predicted molar refractivity (Wildman–Crippen MR) is 150 cm³/mol. The second-order valence-corrected chi connectivity index (χ2v) is 10.2. The van der Waals surface area contributed by atoms with Gasteiger partial charge in [-0.05, 0) is 79.0 Å². The summed E-state index contributed by atoms with van der Waals surface area (Å²) in [6.07, 6.45) is 1.57. The third kappa shape index (κ3) is 5.66. The van der Waals surface area contributed by atoms with Crippen molar-refractivity contribution in [2.75, 3.05) is 19.8 Å². The molecule has 3 aromatic rings. The highest BCUT2D eigenvalue weighted by Crippen LogP contribution is 2.37. The fourth-order valence-electron chi connectivity index (χ4n) is 4.28. The maximum absolute atomic E-state index is 13.8. The van der Waals surface area contributed by atoms with E-state index in [9.17, 15) is 19.7 Å². The molecule has 204 valence electrons. The van der Waals surface area contributed by atoms with Crippen molar-refractivity contribution in [1.29, 1.82) is 0 Å². The van der Waals surface area contributed by atoms with Crippen molar-refractivity contribution in [3.63, 3.8) is 0 Å². The summed E-state index contributed by atoms with van der Waals surface area (Å²) in [6.45, 7) is 7.96. The van der Waals surface area contributed by atoms with Crippen molar-refractivity contribution in [3.05, 3.63) is 93.1 Å². The molecular weight excluding hydrogens is 590 g/mol. The number of carbonyl (C=O) groups excluding carboxylic acids is 1. The molecule has 0 bridgehead atoms. The summed E-state index contributed by atoms with van der Waals surface area (Å²) < 4.78 is 18.5. The Morgan fingerprint density at radius 2 is 1.85 bits per heavy atom. The molecule has 1 aromatic heterocycles. The highest BCUT2D eigenvalue weighted by atomic mass is 79.9. The second-order valence-electron chi connectivity index (χ2n) is 8.35. The molecule has 2 aromatic carbocycles. The van der Waals surface area contributed by atoms with Crippen LogP contribution in [0.4, 0.5) is 5.69 Å². The third-order valence-electron chi connectivity index (χ3n) is 5.85. The number of nitro groups is 1. The van der Waals surface area contributed by atoms with Gasteiger partial charge in [-0.1, -0.05) is 23.5 Å². The number of carbonyl (C=O) groups is 1. The van der Waals surface area contributed by atoms with Crippen molar-refractivity contribution in [3.8, 4) is 11.5 Å². The minimum atomic E-state index is -0.778. The van der Waals surface area contributed by atoms with Gasteiger partial charge in [0.1, 0.15) is 5.75 Å². The number of esters is 1. The molecule has 10 nitrogen and oxygen atoms in total. The van der Waals surface area contributed by atoms with Crippen LogP contribution in [0.15, 0.2) is 61.9 Å². The fraction of sp³-hybridized carbons (Fsp3) is 0.296. The summed E-state index contributed by atoms with van der Waals surface area (Å²) in [5, 5.41) is 11.7. The molecule has 0 saturated carbocycles. The minimum Gasteiger partial charge on any atom is -0.494 e. The van der Waals surface area contributed by atoms with E-state index in [4.69, 9.17) is 14.2 Å². The van der Waals surface area contributed by atoms with E-state index in [-0.39, 0.29) is 35.8 Å². The lowest BCUT2D eigenvalue weighted by Gasteiger charge is -2.24. The van der Waals surface area contributed by atoms with Gasteiger partial charge in [0.2, 0.25) is 5.75 Å². The van der Waals surface area contributed by atoms with Gasteiger partial charge >= 0.3 is 11.7 Å². The Hall–Kier alpha value is -3.77. The number of aromatic nitrogens is 1. The van der Waals surface area contributed by atoms with Crippen LogP contribution in [0.25, 0.3) is 6.08 Å². The molecular formula is C27H26BrN3O7S. The van der Waals surface area contributed by atoms with Crippen LogP contribution in [0, 0.1) is 10.1 Å². The van der Waals surface area contributed by atoms with Crippen LogP contribution in [-0.2, 0) is 9.53 Å². The molecule has 0 N–H and O–H groups in total. The monoisotopic (exact) mass is 615 g/mol. The van der Waals surface area contributed by atoms with E-state index in [0.29, 0.717) is 43.0 Å². The SMILES string of the molecule is CCOC(=O)C1=C(C)N=c2s/c(=C\c3cc(Br)c(OCC)c([N+](=O)[O-])c3)c(=O)n2[C@H]1c1ccc(OCC)cc1. The first-order valence-electron chi connectivity index (χ1n) is 12.2. The molecule has 1 aliphatic rings. The van der Waals surface area contributed by atoms with Gasteiger partial charge in [-0.3, -0.25) is 19.5 Å². The maximum Gasteiger partial charge on any atom is 0.338 e. The molecule has 0 aliphatic carbocycles. The Balaban J connectivity index is 1.92. The summed E-state index contributed by atoms with van der Waals surface area (Å²) in [6, 6.07) is 9.39. The standard InChI is InChI=1S/C27H26BrN3O7S/c1-5-36-18-10-8-17(9-11-18)23-22(26(33)38-7-3)15(4)29-27-30(23)25(32)21(39-27)14-16-12-19(28)24(37-6-2)20(13-16)31(34)35/h8-14,23H,5-7H2,1-4H3/b21-14-/t23-/m0/s1. The molecule has 0 unspecified atom stereocenters. The van der Waals surface area contributed by atoms with Crippen LogP contribution in [-0.4, -0.2) is 35.3 Å². The Morgan fingerprint density at radius 3 is 2.46 bits per heavy atom. The number of hydrogen-bond donors (Lipinski definition) is 0. The lowest BCUT2D eigenvalue weighted by molar-refractivity contribution is -0.385. The number of allylic oxidation sites excluding steroid dienone is 1. The maximum atomic E-state index is 13.8. The number of benzene rings is 2. The van der Waals surface area contributed by atoms with E-state index >= 15 is 0 Å². The smallest absolute Gasteiger partial charge is 0.338 e. The van der Waals surface area contributed by atoms with E-state index in [1.165, 1.54) is 10.6 Å². The average Bonchev–Trinajstić information content (AvgIpc) is 3.19. The fourth-order valence-corrected chi connectivity index (χ4v) is 5.91. The molecule has 0 saturated heterocycles. The molecule has 1 aliphatic heterocycles. The Labute approximate surface area is 236 Å². The van der Waals surface area contributed by atoms with E-state index in [2.05, 4.69) is 20.9 Å². The predicted octanol–water partition coefficient (Wildman–Crippen LogP) is 4.27. The van der Waals surface area contributed by atoms with Crippen LogP contribution in [0.5, 0.6) is 11.5 Å². The van der Waals surface area contributed by atoms with Gasteiger partial charge < -0.3 is 14.2 Å². The molecule has 0 amide bonds. The van der Waals surface area contributed by atoms with Crippen LogP contribution >= 0.6 is 27.3 Å². The molecule has 12 heteroatoms. The minimum absolute atomic E-state index is 0.117. The van der Waals surface area contributed by atoms with E-state index < -0.39 is 16.9 Å². The topological polar surface area (TPSA) is 122 Å². The van der Waals surface area contributed by atoms with Crippen molar-refractivity contribution < 1.29 is 23.9 Å². The number of nitro benzene ring substituents is 1. The molecule has 4 rings (SSSR count). The first kappa shape index (κ1) is 28.2. The van der Waals surface area contributed by atoms with E-state index in [1.54, 1.807) is 57.2 Å². The molecule has 39 heavy (non-hydrogen) atoms. The number of halogens is 1. The van der Waals surface area contributed by atoms with E-state index in [0.717, 1.165) is 11.3 Å². The normalized spacial score (nSPS) is 15.0. The molecule has 0 radical (unpaired) electrons. The molecule has 2 heterocycles. The zero-order chi connectivity index (χ0) is 28.3. The van der Waals surface area contributed by atoms with Crippen LogP contribution in [0.2, 0.25) is 0 Å². The summed E-state index contributed by atoms with van der Waals surface area (Å²) in [4.78, 5) is 42.9. The highest BCUT2D eigenvalue weighted by Gasteiger charge is 2.33. The molecule has 0 spiro atoms. The summed E-state index contributed by atoms with van der Waals surface area (Å²) in [5.41, 5.74) is 1.21. The van der Waals surface area contributed by atoms with Crippen molar-refractivity contribution in [2.24, 2.45) is 4.99 Å². The number of hydrogen-bond acceptors (Lipinski definition) is 9. The lowest BCUT2D eigenvalue weighted by atomic mass is 9.96. The van der Waals surface area contributed by atoms with Gasteiger partial charge in [0.15, 0.2) is 4.80 Å². The van der Waals surface area contributed by atoms with E-state index in [1.807, 2.05) is 6.92 Å². The quantitative estimate of drug-likeness (QED) is 0.200. The van der Waals surface area contributed by atoms with Crippen LogP contribution < -0.4 is 24.4 Å². The van der Waals surface area contributed by atoms with Crippen molar-refractivity contribution in [2.45, 2.75) is 33.7 Å². The van der Waals surface area contributed by atoms with Gasteiger partial charge in [-0.2, -0.15) is 0 Å². The number of thiazole rings is 1. The number of ether oxygens (including phenoxy) is 3. The largest absolute Gasteiger partial charge is 0.494 e. The zero-order valence-electron chi connectivity index (χ0n) is 21.7. The number of rotatable bonds is 9.